The van der Waals surface area contributed by atoms with Gasteiger partial charge in [-0.3, -0.25) is 0 Å². The normalized spacial score (nSPS) is 10.5. The van der Waals surface area contributed by atoms with Crippen molar-refractivity contribution < 1.29 is 9.53 Å². The Kier molecular flexibility index (Phi) is 6.24. The number of nitrogens with one attached hydrogen (secondary N) is 2. The van der Waals surface area contributed by atoms with Crippen LogP contribution in [0.4, 0.5) is 10.5 Å². The Hall–Kier alpha value is -2.49. The van der Waals surface area contributed by atoms with E-state index < -0.39 is 0 Å². The number of carbonyl (C=O) groups excluding carboxylic acids is 1. The standard InChI is InChI=1S/C20H26N2O2/c1-14(2)17-5-7-19(8-6-17)24-10-9-21-20(23)22-18-12-15(3)11-16(4)13-18/h5-8,11-14H,9-10H2,1-4H3,(H2,21,22,23). The van der Waals surface area contributed by atoms with Gasteiger partial charge in [0, 0.05) is 5.69 Å². The molecule has 4 nitrogen and oxygen atoms in total. The third kappa shape index (κ3) is 5.61. The van der Waals surface area contributed by atoms with Crippen LogP contribution in [0.25, 0.3) is 0 Å². The third-order valence-corrected chi connectivity index (χ3v) is 3.68. The Balaban J connectivity index is 1.72. The highest BCUT2D eigenvalue weighted by Crippen LogP contribution is 2.18. The minimum absolute atomic E-state index is 0.223. The molecular weight excluding hydrogens is 300 g/mol. The molecule has 0 aromatic heterocycles. The molecule has 0 fully saturated rings. The van der Waals surface area contributed by atoms with Gasteiger partial charge in [-0.25, -0.2) is 4.79 Å². The topological polar surface area (TPSA) is 50.4 Å². The molecule has 0 aliphatic heterocycles. The molecule has 0 saturated carbocycles. The van der Waals surface area contributed by atoms with Crippen molar-refractivity contribution in [3.8, 4) is 5.75 Å². The average molecular weight is 326 g/mol. The zero-order valence-corrected chi connectivity index (χ0v) is 14.8. The van der Waals surface area contributed by atoms with Crippen LogP contribution in [-0.2, 0) is 0 Å². The van der Waals surface area contributed by atoms with E-state index in [0.717, 1.165) is 22.6 Å². The van der Waals surface area contributed by atoms with Crippen LogP contribution in [0.5, 0.6) is 5.75 Å². The first-order chi connectivity index (χ1) is 11.4. The first kappa shape index (κ1) is 17.9. The SMILES string of the molecule is Cc1cc(C)cc(NC(=O)NCCOc2ccc(C(C)C)cc2)c1. The third-order valence-electron chi connectivity index (χ3n) is 3.68. The number of ether oxygens (including phenoxy) is 1. The van der Waals surface area contributed by atoms with Crippen molar-refractivity contribution in [1.29, 1.82) is 0 Å². The minimum Gasteiger partial charge on any atom is -0.492 e. The number of anilines is 1. The van der Waals surface area contributed by atoms with Crippen molar-refractivity contribution in [3.63, 3.8) is 0 Å². The number of aryl methyl sites for hydroxylation is 2. The van der Waals surface area contributed by atoms with Crippen LogP contribution in [0, 0.1) is 13.8 Å². The Labute approximate surface area is 144 Å². The number of benzene rings is 2. The largest absolute Gasteiger partial charge is 0.492 e. The molecule has 0 bridgehead atoms. The van der Waals surface area contributed by atoms with E-state index in [9.17, 15) is 4.79 Å². The van der Waals surface area contributed by atoms with Gasteiger partial charge in [0.15, 0.2) is 0 Å². The van der Waals surface area contributed by atoms with Gasteiger partial charge in [0.2, 0.25) is 0 Å². The van der Waals surface area contributed by atoms with Gasteiger partial charge >= 0.3 is 6.03 Å². The van der Waals surface area contributed by atoms with Crippen LogP contribution in [0.3, 0.4) is 0 Å². The second-order valence-corrected chi connectivity index (χ2v) is 6.33. The molecule has 0 heterocycles. The van der Waals surface area contributed by atoms with Gasteiger partial charge in [0.25, 0.3) is 0 Å². The van der Waals surface area contributed by atoms with Crippen molar-refractivity contribution in [2.75, 3.05) is 18.5 Å². The van der Waals surface area contributed by atoms with E-state index in [1.54, 1.807) is 0 Å². The molecular formula is C20H26N2O2. The van der Waals surface area contributed by atoms with Crippen LogP contribution in [-0.4, -0.2) is 19.2 Å². The second-order valence-electron chi connectivity index (χ2n) is 6.33. The van der Waals surface area contributed by atoms with E-state index in [2.05, 4.69) is 42.7 Å². The maximum absolute atomic E-state index is 11.9. The van der Waals surface area contributed by atoms with E-state index in [0.29, 0.717) is 19.1 Å². The molecule has 4 heteroatoms. The monoisotopic (exact) mass is 326 g/mol. The molecule has 0 aliphatic rings. The molecule has 2 aromatic rings. The van der Waals surface area contributed by atoms with Crippen molar-refractivity contribution in [2.24, 2.45) is 0 Å². The molecule has 0 saturated heterocycles. The Morgan fingerprint density at radius 3 is 2.25 bits per heavy atom. The molecule has 0 aliphatic carbocycles. The van der Waals surface area contributed by atoms with Crippen LogP contribution >= 0.6 is 0 Å². The lowest BCUT2D eigenvalue weighted by Crippen LogP contribution is -2.32. The summed E-state index contributed by atoms with van der Waals surface area (Å²) in [4.78, 5) is 11.9. The summed E-state index contributed by atoms with van der Waals surface area (Å²) in [5.74, 6) is 1.32. The van der Waals surface area contributed by atoms with Crippen LogP contribution in [0.2, 0.25) is 0 Å². The molecule has 2 N–H and O–H groups in total. The number of rotatable bonds is 6. The lowest BCUT2D eigenvalue weighted by Gasteiger charge is -2.11. The van der Waals surface area contributed by atoms with E-state index in [1.165, 1.54) is 5.56 Å². The van der Waals surface area contributed by atoms with E-state index in [1.807, 2.05) is 38.1 Å². The van der Waals surface area contributed by atoms with Gasteiger partial charge < -0.3 is 15.4 Å². The van der Waals surface area contributed by atoms with Gasteiger partial charge in [-0.15, -0.1) is 0 Å². The van der Waals surface area contributed by atoms with Crippen molar-refractivity contribution in [1.82, 2.24) is 5.32 Å². The van der Waals surface area contributed by atoms with Crippen molar-refractivity contribution in [3.05, 3.63) is 59.2 Å². The fourth-order valence-electron chi connectivity index (χ4n) is 2.50. The highest BCUT2D eigenvalue weighted by molar-refractivity contribution is 5.89. The van der Waals surface area contributed by atoms with Gasteiger partial charge in [-0.2, -0.15) is 0 Å². The van der Waals surface area contributed by atoms with Gasteiger partial charge in [0.05, 0.1) is 6.54 Å². The van der Waals surface area contributed by atoms with Crippen molar-refractivity contribution >= 4 is 11.7 Å². The molecule has 2 aromatic carbocycles. The van der Waals surface area contributed by atoms with Crippen molar-refractivity contribution in [2.45, 2.75) is 33.6 Å². The van der Waals surface area contributed by atoms with Gasteiger partial charge in [-0.05, 0) is 60.7 Å². The maximum atomic E-state index is 11.9. The zero-order chi connectivity index (χ0) is 17.5. The molecule has 0 radical (unpaired) electrons. The summed E-state index contributed by atoms with van der Waals surface area (Å²) in [5, 5.41) is 5.63. The fourth-order valence-corrected chi connectivity index (χ4v) is 2.50. The smallest absolute Gasteiger partial charge is 0.319 e. The molecule has 0 spiro atoms. The first-order valence-corrected chi connectivity index (χ1v) is 8.30. The van der Waals surface area contributed by atoms with Crippen LogP contribution in [0.15, 0.2) is 42.5 Å². The number of hydrogen-bond donors (Lipinski definition) is 2. The summed E-state index contributed by atoms with van der Waals surface area (Å²) in [6.45, 7) is 9.22. The molecule has 0 atom stereocenters. The van der Waals surface area contributed by atoms with Gasteiger partial charge in [0.1, 0.15) is 12.4 Å². The second kappa shape index (κ2) is 8.39. The van der Waals surface area contributed by atoms with E-state index in [4.69, 9.17) is 4.74 Å². The molecule has 128 valence electrons. The summed E-state index contributed by atoms with van der Waals surface area (Å²) in [5.41, 5.74) is 4.33. The lowest BCUT2D eigenvalue weighted by atomic mass is 10.0. The molecule has 2 rings (SSSR count). The Morgan fingerprint density at radius 1 is 1.04 bits per heavy atom. The Bertz CT molecular complexity index is 658. The predicted octanol–water partition coefficient (Wildman–Crippen LogP) is 4.63. The summed E-state index contributed by atoms with van der Waals surface area (Å²) < 4.78 is 5.64. The molecule has 0 unspecified atom stereocenters. The number of urea groups is 1. The van der Waals surface area contributed by atoms with E-state index >= 15 is 0 Å². The summed E-state index contributed by atoms with van der Waals surface area (Å²) in [7, 11) is 0. The summed E-state index contributed by atoms with van der Waals surface area (Å²) >= 11 is 0. The average Bonchev–Trinajstić information content (AvgIpc) is 2.51. The minimum atomic E-state index is -0.223. The van der Waals surface area contributed by atoms with Gasteiger partial charge in [-0.1, -0.05) is 32.0 Å². The summed E-state index contributed by atoms with van der Waals surface area (Å²) in [6, 6.07) is 13.8. The van der Waals surface area contributed by atoms with Crippen LogP contribution < -0.4 is 15.4 Å². The molecule has 2 amide bonds. The summed E-state index contributed by atoms with van der Waals surface area (Å²) in [6.07, 6.45) is 0. The number of carbonyl (C=O) groups is 1. The number of amides is 2. The fraction of sp³-hybridized carbons (Fsp3) is 0.350. The maximum Gasteiger partial charge on any atom is 0.319 e. The predicted molar refractivity (Wildman–Crippen MR) is 99.0 cm³/mol. The number of hydrogen-bond acceptors (Lipinski definition) is 2. The quantitative estimate of drug-likeness (QED) is 0.761. The lowest BCUT2D eigenvalue weighted by molar-refractivity contribution is 0.247. The Morgan fingerprint density at radius 2 is 1.67 bits per heavy atom. The highest BCUT2D eigenvalue weighted by Gasteiger charge is 2.03. The van der Waals surface area contributed by atoms with Crippen LogP contribution in [0.1, 0.15) is 36.5 Å². The first-order valence-electron chi connectivity index (χ1n) is 8.30. The highest BCUT2D eigenvalue weighted by atomic mass is 16.5. The zero-order valence-electron chi connectivity index (χ0n) is 14.8. The molecule has 24 heavy (non-hydrogen) atoms. The van der Waals surface area contributed by atoms with E-state index in [-0.39, 0.29) is 6.03 Å².